The summed E-state index contributed by atoms with van der Waals surface area (Å²) in [6.45, 7) is 19.2. The van der Waals surface area contributed by atoms with Gasteiger partial charge in [-0.2, -0.15) is 0 Å². The van der Waals surface area contributed by atoms with Crippen LogP contribution in [0.2, 0.25) is 19.6 Å². The van der Waals surface area contributed by atoms with Gasteiger partial charge >= 0.3 is 0 Å². The maximum Gasteiger partial charge on any atom is 0.184 e. The molecule has 0 radical (unpaired) electrons. The van der Waals surface area contributed by atoms with Crippen LogP contribution >= 0.6 is 0 Å². The third kappa shape index (κ3) is 6.50. The summed E-state index contributed by atoms with van der Waals surface area (Å²) in [6.07, 6.45) is 21.2. The van der Waals surface area contributed by atoms with Crippen molar-refractivity contribution in [2.75, 3.05) is 0 Å². The summed E-state index contributed by atoms with van der Waals surface area (Å²) in [7, 11) is -1.47. The van der Waals surface area contributed by atoms with E-state index in [1.807, 2.05) is 0 Å². The van der Waals surface area contributed by atoms with Crippen molar-refractivity contribution in [1.82, 2.24) is 0 Å². The van der Waals surface area contributed by atoms with E-state index >= 15 is 0 Å². The third-order valence-electron chi connectivity index (χ3n) is 8.84. The molecule has 182 valence electrons. The molecule has 3 aliphatic rings. The van der Waals surface area contributed by atoms with Crippen LogP contribution in [0.4, 0.5) is 0 Å². The SMILES string of the molecule is CC1=C(/C=C/C2=CCCC3(C)C2CCC3C(C)CCCC(C)C)CC(O[Si](C)(C)C)CC1. The van der Waals surface area contributed by atoms with Crippen molar-refractivity contribution in [2.45, 2.75) is 125 Å². The average molecular weight is 457 g/mol. The third-order valence-corrected chi connectivity index (χ3v) is 9.88. The summed E-state index contributed by atoms with van der Waals surface area (Å²) >= 11 is 0. The zero-order chi connectivity index (χ0) is 23.5. The predicted molar refractivity (Wildman–Crippen MR) is 143 cm³/mol. The fourth-order valence-electron chi connectivity index (χ4n) is 7.10. The summed E-state index contributed by atoms with van der Waals surface area (Å²) in [4.78, 5) is 0. The molecule has 0 aromatic heterocycles. The summed E-state index contributed by atoms with van der Waals surface area (Å²) < 4.78 is 6.48. The van der Waals surface area contributed by atoms with Gasteiger partial charge in [0.15, 0.2) is 8.32 Å². The molecule has 1 nitrogen and oxygen atoms in total. The van der Waals surface area contributed by atoms with Crippen molar-refractivity contribution in [3.05, 3.63) is 34.9 Å². The van der Waals surface area contributed by atoms with Crippen molar-refractivity contribution in [2.24, 2.45) is 29.1 Å². The van der Waals surface area contributed by atoms with Gasteiger partial charge in [-0.25, -0.2) is 0 Å². The second-order valence-electron chi connectivity index (χ2n) is 13.0. The monoisotopic (exact) mass is 456 g/mol. The van der Waals surface area contributed by atoms with Crippen molar-refractivity contribution < 1.29 is 4.43 Å². The molecule has 0 aliphatic heterocycles. The van der Waals surface area contributed by atoms with E-state index in [0.29, 0.717) is 11.5 Å². The van der Waals surface area contributed by atoms with Gasteiger partial charge in [0.05, 0.1) is 0 Å². The van der Waals surface area contributed by atoms with Gasteiger partial charge in [0.2, 0.25) is 0 Å². The Morgan fingerprint density at radius 1 is 1.09 bits per heavy atom. The highest BCUT2D eigenvalue weighted by molar-refractivity contribution is 6.69. The van der Waals surface area contributed by atoms with Gasteiger partial charge in [-0.15, -0.1) is 0 Å². The minimum Gasteiger partial charge on any atom is -0.414 e. The van der Waals surface area contributed by atoms with Crippen LogP contribution in [-0.2, 0) is 4.43 Å². The van der Waals surface area contributed by atoms with Gasteiger partial charge < -0.3 is 4.43 Å². The van der Waals surface area contributed by atoms with Crippen molar-refractivity contribution in [3.8, 4) is 0 Å². The Morgan fingerprint density at radius 2 is 1.84 bits per heavy atom. The van der Waals surface area contributed by atoms with E-state index in [1.54, 1.807) is 16.7 Å². The van der Waals surface area contributed by atoms with E-state index < -0.39 is 8.32 Å². The minimum absolute atomic E-state index is 0.429. The predicted octanol–water partition coefficient (Wildman–Crippen LogP) is 9.48. The lowest BCUT2D eigenvalue weighted by molar-refractivity contribution is 0.107. The largest absolute Gasteiger partial charge is 0.414 e. The molecule has 0 saturated heterocycles. The zero-order valence-electron chi connectivity index (χ0n) is 22.6. The highest BCUT2D eigenvalue weighted by atomic mass is 28.4. The molecular formula is C30H52OSi. The van der Waals surface area contributed by atoms with E-state index in [2.05, 4.69) is 72.5 Å². The Bertz CT molecular complexity index is 722. The molecule has 2 heteroatoms. The van der Waals surface area contributed by atoms with Crippen molar-refractivity contribution in [3.63, 3.8) is 0 Å². The number of hydrogen-bond donors (Lipinski definition) is 0. The topological polar surface area (TPSA) is 9.23 Å². The molecule has 5 unspecified atom stereocenters. The van der Waals surface area contributed by atoms with Gasteiger partial charge in [0.25, 0.3) is 0 Å². The van der Waals surface area contributed by atoms with E-state index in [9.17, 15) is 0 Å². The van der Waals surface area contributed by atoms with Gasteiger partial charge in [-0.1, -0.05) is 70.8 Å². The van der Waals surface area contributed by atoms with Crippen molar-refractivity contribution >= 4 is 8.32 Å². The lowest BCUT2D eigenvalue weighted by atomic mass is 9.62. The van der Waals surface area contributed by atoms with Crippen LogP contribution in [0.1, 0.15) is 98.8 Å². The number of hydrogen-bond acceptors (Lipinski definition) is 1. The van der Waals surface area contributed by atoms with Crippen LogP contribution in [-0.4, -0.2) is 14.4 Å². The molecule has 1 fully saturated rings. The maximum absolute atomic E-state index is 6.48. The summed E-state index contributed by atoms with van der Waals surface area (Å²) in [6, 6.07) is 0. The Labute approximate surface area is 201 Å². The molecule has 0 amide bonds. The Hall–Kier alpha value is -0.603. The van der Waals surface area contributed by atoms with Crippen molar-refractivity contribution in [1.29, 1.82) is 0 Å². The lowest BCUT2D eigenvalue weighted by Crippen LogP contribution is -2.35. The van der Waals surface area contributed by atoms with Gasteiger partial charge in [-0.05, 0) is 112 Å². The number of allylic oxidation sites excluding steroid dienone is 5. The maximum atomic E-state index is 6.48. The first-order valence-corrected chi connectivity index (χ1v) is 17.1. The van der Waals surface area contributed by atoms with Gasteiger partial charge in [-0.3, -0.25) is 0 Å². The number of rotatable bonds is 9. The Balaban J connectivity index is 1.66. The highest BCUT2D eigenvalue weighted by Gasteiger charge is 2.49. The molecule has 0 N–H and O–H groups in total. The van der Waals surface area contributed by atoms with E-state index in [0.717, 1.165) is 30.1 Å². The Kier molecular flexibility index (Phi) is 8.75. The normalized spacial score (nSPS) is 32.5. The number of fused-ring (bicyclic) bond motifs is 1. The summed E-state index contributed by atoms with van der Waals surface area (Å²) in [5.41, 5.74) is 5.28. The molecule has 3 aliphatic carbocycles. The molecule has 1 saturated carbocycles. The molecule has 0 spiro atoms. The minimum atomic E-state index is -1.47. The molecule has 32 heavy (non-hydrogen) atoms. The zero-order valence-corrected chi connectivity index (χ0v) is 23.6. The lowest BCUT2D eigenvalue weighted by Gasteiger charge is -2.43. The van der Waals surface area contributed by atoms with Crippen LogP contribution in [0.25, 0.3) is 0 Å². The van der Waals surface area contributed by atoms with Crippen LogP contribution in [0, 0.1) is 29.1 Å². The Morgan fingerprint density at radius 3 is 2.53 bits per heavy atom. The highest BCUT2D eigenvalue weighted by Crippen LogP contribution is 2.58. The fourth-order valence-corrected chi connectivity index (χ4v) is 8.30. The standard InChI is InChI=1S/C30H52OSi/c1-22(2)11-9-12-24(4)28-18-19-29-25(13-10-20-30(28,29)5)15-16-26-21-27(17-14-23(26)3)31-32(6,7)8/h13,15-16,22,24,27-29H,9-12,14,17-21H2,1-8H3/b16-15+. The molecule has 0 heterocycles. The summed E-state index contributed by atoms with van der Waals surface area (Å²) in [5, 5.41) is 0. The van der Waals surface area contributed by atoms with Crippen LogP contribution in [0.5, 0.6) is 0 Å². The average Bonchev–Trinajstić information content (AvgIpc) is 3.04. The molecule has 5 atom stereocenters. The quantitative estimate of drug-likeness (QED) is 0.314. The van der Waals surface area contributed by atoms with Gasteiger partial charge in [0.1, 0.15) is 0 Å². The molecule has 0 bridgehead atoms. The first kappa shape index (κ1) is 26.0. The second kappa shape index (κ2) is 10.8. The molecule has 0 aromatic carbocycles. The van der Waals surface area contributed by atoms with E-state index in [4.69, 9.17) is 4.43 Å². The van der Waals surface area contributed by atoms with Crippen LogP contribution in [0.3, 0.4) is 0 Å². The fraction of sp³-hybridized carbons (Fsp3) is 0.800. The smallest absolute Gasteiger partial charge is 0.184 e. The van der Waals surface area contributed by atoms with E-state index in [1.165, 1.54) is 57.8 Å². The molecule has 3 rings (SSSR count). The molecular weight excluding hydrogens is 404 g/mol. The van der Waals surface area contributed by atoms with E-state index in [-0.39, 0.29) is 0 Å². The second-order valence-corrected chi connectivity index (χ2v) is 17.5. The first-order chi connectivity index (χ1) is 15.0. The summed E-state index contributed by atoms with van der Waals surface area (Å²) in [5.74, 6) is 3.39. The van der Waals surface area contributed by atoms with Gasteiger partial charge in [0, 0.05) is 6.10 Å². The first-order valence-electron chi connectivity index (χ1n) is 13.7. The van der Waals surface area contributed by atoms with Crippen LogP contribution < -0.4 is 0 Å². The van der Waals surface area contributed by atoms with Crippen LogP contribution in [0.15, 0.2) is 34.9 Å². The molecule has 0 aromatic rings.